The molecule has 70 valence electrons. The first kappa shape index (κ1) is 11.1. The Morgan fingerprint density at radius 2 is 2.17 bits per heavy atom. The number of hydrogen-bond donors (Lipinski definition) is 3. The molecule has 0 aromatic carbocycles. The Kier molecular flexibility index (Phi) is 3.92. The van der Waals surface area contributed by atoms with Gasteiger partial charge in [0.05, 0.1) is 0 Å². The first-order chi connectivity index (χ1) is 5.36. The highest BCUT2D eigenvalue weighted by molar-refractivity contribution is 5.76. The van der Waals surface area contributed by atoms with Crippen molar-refractivity contribution in [2.24, 2.45) is 0 Å². The highest BCUT2D eigenvalue weighted by Crippen LogP contribution is 2.00. The van der Waals surface area contributed by atoms with Gasteiger partial charge in [-0.3, -0.25) is 0 Å². The van der Waals surface area contributed by atoms with Crippen LogP contribution in [-0.2, 0) is 4.79 Å². The van der Waals surface area contributed by atoms with Gasteiger partial charge < -0.3 is 15.5 Å². The minimum absolute atomic E-state index is 0.0230. The summed E-state index contributed by atoms with van der Waals surface area (Å²) in [4.78, 5) is 10.4. The van der Waals surface area contributed by atoms with E-state index in [4.69, 9.17) is 5.11 Å². The van der Waals surface area contributed by atoms with Gasteiger partial charge in [-0.05, 0) is 13.8 Å². The number of aliphatic carboxylic acids is 1. The average molecular weight is 173 g/mol. The van der Waals surface area contributed by atoms with Gasteiger partial charge in [0.15, 0.2) is 5.60 Å². The molecule has 1 unspecified atom stereocenters. The zero-order valence-electron chi connectivity index (χ0n) is 7.42. The predicted molar refractivity (Wildman–Crippen MR) is 45.9 cm³/mol. The Hall–Kier alpha value is -0.870. The molecule has 0 heterocycles. The van der Waals surface area contributed by atoms with Gasteiger partial charge in [-0.1, -0.05) is 12.2 Å². The molecule has 0 aliphatic heterocycles. The van der Waals surface area contributed by atoms with Crippen molar-refractivity contribution >= 4 is 5.97 Å². The van der Waals surface area contributed by atoms with Crippen LogP contribution in [0.1, 0.15) is 13.8 Å². The van der Waals surface area contributed by atoms with Crippen LogP contribution in [0.25, 0.3) is 0 Å². The number of carboxylic acids is 1. The fraction of sp³-hybridized carbons (Fsp3) is 0.625. The fourth-order valence-corrected chi connectivity index (χ4v) is 0.595. The van der Waals surface area contributed by atoms with Gasteiger partial charge in [0, 0.05) is 13.1 Å². The van der Waals surface area contributed by atoms with E-state index in [1.54, 1.807) is 0 Å². The average Bonchev–Trinajstić information content (AvgIpc) is 1.85. The summed E-state index contributed by atoms with van der Waals surface area (Å²) in [7, 11) is 0. The second kappa shape index (κ2) is 4.23. The summed E-state index contributed by atoms with van der Waals surface area (Å²) in [5.41, 5.74) is -0.800. The molecule has 0 aromatic heterocycles. The van der Waals surface area contributed by atoms with E-state index in [2.05, 4.69) is 11.9 Å². The second-order valence-electron chi connectivity index (χ2n) is 3.14. The molecule has 0 spiro atoms. The summed E-state index contributed by atoms with van der Waals surface area (Å²) in [5.74, 6) is -1.23. The van der Waals surface area contributed by atoms with E-state index in [-0.39, 0.29) is 6.54 Å². The van der Waals surface area contributed by atoms with Crippen LogP contribution in [0.2, 0.25) is 0 Å². The van der Waals surface area contributed by atoms with Gasteiger partial charge in [-0.15, -0.1) is 0 Å². The molecule has 4 nitrogen and oxygen atoms in total. The summed E-state index contributed by atoms with van der Waals surface area (Å²) in [6.07, 6.45) is 0. The van der Waals surface area contributed by atoms with Crippen molar-refractivity contribution in [2.75, 3.05) is 13.1 Å². The highest BCUT2D eigenvalue weighted by Gasteiger charge is 2.28. The molecule has 0 aliphatic rings. The topological polar surface area (TPSA) is 69.6 Å². The van der Waals surface area contributed by atoms with Gasteiger partial charge in [0.1, 0.15) is 0 Å². The number of hydrogen-bond acceptors (Lipinski definition) is 3. The molecule has 1 atom stereocenters. The molecular weight excluding hydrogens is 158 g/mol. The molecule has 0 saturated carbocycles. The number of aliphatic hydroxyl groups is 1. The lowest BCUT2D eigenvalue weighted by Gasteiger charge is -2.18. The maximum Gasteiger partial charge on any atom is 0.336 e. The van der Waals surface area contributed by atoms with Crippen molar-refractivity contribution in [2.45, 2.75) is 19.4 Å². The maximum atomic E-state index is 10.4. The zero-order chi connectivity index (χ0) is 9.78. The van der Waals surface area contributed by atoms with E-state index in [1.807, 2.05) is 6.92 Å². The van der Waals surface area contributed by atoms with Crippen LogP contribution in [0.3, 0.4) is 0 Å². The smallest absolute Gasteiger partial charge is 0.336 e. The van der Waals surface area contributed by atoms with Gasteiger partial charge in [0.2, 0.25) is 0 Å². The minimum atomic E-state index is -1.70. The van der Waals surface area contributed by atoms with Crippen LogP contribution in [0.5, 0.6) is 0 Å². The van der Waals surface area contributed by atoms with Gasteiger partial charge >= 0.3 is 5.97 Å². The van der Waals surface area contributed by atoms with Gasteiger partial charge in [-0.25, -0.2) is 4.79 Å². The molecule has 0 fully saturated rings. The van der Waals surface area contributed by atoms with Crippen LogP contribution < -0.4 is 5.32 Å². The highest BCUT2D eigenvalue weighted by atomic mass is 16.4. The normalized spacial score (nSPS) is 15.2. The zero-order valence-corrected chi connectivity index (χ0v) is 7.42. The van der Waals surface area contributed by atoms with Crippen molar-refractivity contribution in [3.05, 3.63) is 12.2 Å². The predicted octanol–water partition coefficient (Wildman–Crippen LogP) is -0.0123. The molecule has 4 heteroatoms. The third-order valence-electron chi connectivity index (χ3n) is 1.36. The Labute approximate surface area is 71.9 Å². The Morgan fingerprint density at radius 1 is 1.67 bits per heavy atom. The van der Waals surface area contributed by atoms with Gasteiger partial charge in [-0.2, -0.15) is 0 Å². The molecule has 3 N–H and O–H groups in total. The lowest BCUT2D eigenvalue weighted by molar-refractivity contribution is -0.156. The molecule has 0 amide bonds. The van der Waals surface area contributed by atoms with Crippen molar-refractivity contribution in [1.82, 2.24) is 5.32 Å². The first-order valence-corrected chi connectivity index (χ1v) is 3.67. The SMILES string of the molecule is C=C(C)CNCC(C)(O)C(=O)O. The molecule has 0 aromatic rings. The van der Waals surface area contributed by atoms with E-state index < -0.39 is 11.6 Å². The monoisotopic (exact) mass is 173 g/mol. The number of carbonyl (C=O) groups is 1. The Balaban J connectivity index is 3.76. The van der Waals surface area contributed by atoms with Crippen molar-refractivity contribution in [1.29, 1.82) is 0 Å². The lowest BCUT2D eigenvalue weighted by Crippen LogP contribution is -2.45. The summed E-state index contributed by atoms with van der Waals surface area (Å²) in [6.45, 7) is 7.24. The molecule has 0 bridgehead atoms. The van der Waals surface area contributed by atoms with E-state index in [0.29, 0.717) is 6.54 Å². The Morgan fingerprint density at radius 3 is 2.50 bits per heavy atom. The van der Waals surface area contributed by atoms with Crippen LogP contribution >= 0.6 is 0 Å². The first-order valence-electron chi connectivity index (χ1n) is 3.67. The van der Waals surface area contributed by atoms with Crippen molar-refractivity contribution in [3.63, 3.8) is 0 Å². The summed E-state index contributed by atoms with van der Waals surface area (Å²) in [6, 6.07) is 0. The summed E-state index contributed by atoms with van der Waals surface area (Å²) in [5, 5.41) is 20.5. The number of rotatable bonds is 5. The molecule has 0 aliphatic carbocycles. The molecule has 0 rings (SSSR count). The third kappa shape index (κ3) is 4.10. The second-order valence-corrected chi connectivity index (χ2v) is 3.14. The van der Waals surface area contributed by atoms with Crippen LogP contribution in [-0.4, -0.2) is 34.9 Å². The van der Waals surface area contributed by atoms with E-state index in [9.17, 15) is 9.90 Å². The fourth-order valence-electron chi connectivity index (χ4n) is 0.595. The quantitative estimate of drug-likeness (QED) is 0.511. The van der Waals surface area contributed by atoms with E-state index in [0.717, 1.165) is 5.57 Å². The van der Waals surface area contributed by atoms with Gasteiger partial charge in [0.25, 0.3) is 0 Å². The Bertz CT molecular complexity index is 187. The molecule has 0 radical (unpaired) electrons. The van der Waals surface area contributed by atoms with Crippen molar-refractivity contribution < 1.29 is 15.0 Å². The minimum Gasteiger partial charge on any atom is -0.479 e. The number of carboxylic acid groups (broad SMARTS) is 1. The van der Waals surface area contributed by atoms with E-state index >= 15 is 0 Å². The molecule has 0 saturated heterocycles. The van der Waals surface area contributed by atoms with Crippen LogP contribution in [0.4, 0.5) is 0 Å². The van der Waals surface area contributed by atoms with Crippen LogP contribution in [0, 0.1) is 0 Å². The third-order valence-corrected chi connectivity index (χ3v) is 1.36. The van der Waals surface area contributed by atoms with Crippen LogP contribution in [0.15, 0.2) is 12.2 Å². The number of nitrogens with one attached hydrogen (secondary N) is 1. The largest absolute Gasteiger partial charge is 0.479 e. The molecule has 12 heavy (non-hydrogen) atoms. The maximum absolute atomic E-state index is 10.4. The molecular formula is C8H15NO3. The van der Waals surface area contributed by atoms with E-state index in [1.165, 1.54) is 6.92 Å². The summed E-state index contributed by atoms with van der Waals surface area (Å²) < 4.78 is 0. The summed E-state index contributed by atoms with van der Waals surface area (Å²) >= 11 is 0. The van der Waals surface area contributed by atoms with Crippen molar-refractivity contribution in [3.8, 4) is 0 Å². The standard InChI is InChI=1S/C8H15NO3/c1-6(2)4-9-5-8(3,12)7(10)11/h9,12H,1,4-5H2,2-3H3,(H,10,11). The lowest BCUT2D eigenvalue weighted by atomic mass is 10.1.